The lowest BCUT2D eigenvalue weighted by Gasteiger charge is -2.04. The fourth-order valence-corrected chi connectivity index (χ4v) is 2.57. The van der Waals surface area contributed by atoms with Gasteiger partial charge in [0.15, 0.2) is 0 Å². The number of hydrogen-bond acceptors (Lipinski definition) is 3. The Labute approximate surface area is 155 Å². The van der Waals surface area contributed by atoms with Crippen molar-refractivity contribution in [3.63, 3.8) is 0 Å². The maximum Gasteiger partial charge on any atom is 0.329 e. The van der Waals surface area contributed by atoms with Crippen LogP contribution in [0.25, 0.3) is 10.8 Å². The van der Waals surface area contributed by atoms with Gasteiger partial charge in [0.05, 0.1) is 6.21 Å². The second-order valence-electron chi connectivity index (χ2n) is 5.58. The highest BCUT2D eigenvalue weighted by Crippen LogP contribution is 2.16. The molecule has 0 atom stereocenters. The number of benzene rings is 3. The van der Waals surface area contributed by atoms with Crippen molar-refractivity contribution in [3.05, 3.63) is 82.9 Å². The van der Waals surface area contributed by atoms with Gasteiger partial charge in [-0.25, -0.2) is 5.43 Å². The first-order valence-electron chi connectivity index (χ1n) is 7.97. The fraction of sp³-hybridized carbons (Fsp3) is 0.0500. The third kappa shape index (κ3) is 4.46. The Morgan fingerprint density at radius 3 is 2.46 bits per heavy atom. The van der Waals surface area contributed by atoms with E-state index in [2.05, 4.69) is 15.8 Å². The van der Waals surface area contributed by atoms with E-state index < -0.39 is 11.8 Å². The number of rotatable bonds is 4. The number of nitrogens with zero attached hydrogens (tertiary/aromatic N) is 1. The van der Waals surface area contributed by atoms with Crippen LogP contribution in [0.4, 0.5) is 0 Å². The van der Waals surface area contributed by atoms with Crippen LogP contribution in [-0.2, 0) is 16.1 Å². The van der Waals surface area contributed by atoms with Gasteiger partial charge in [-0.05, 0) is 28.5 Å². The number of halogens is 1. The molecule has 0 bridgehead atoms. The zero-order valence-electron chi connectivity index (χ0n) is 13.8. The highest BCUT2D eigenvalue weighted by atomic mass is 35.5. The minimum absolute atomic E-state index is 0.233. The van der Waals surface area contributed by atoms with Crippen molar-refractivity contribution >= 4 is 40.4 Å². The van der Waals surface area contributed by atoms with Crippen molar-refractivity contribution in [3.8, 4) is 0 Å². The van der Waals surface area contributed by atoms with Gasteiger partial charge in [-0.15, -0.1) is 0 Å². The highest BCUT2D eigenvalue weighted by molar-refractivity contribution is 6.35. The first-order valence-corrected chi connectivity index (χ1v) is 8.35. The Bertz CT molecular complexity index is 963. The van der Waals surface area contributed by atoms with Gasteiger partial charge in [-0.3, -0.25) is 9.59 Å². The van der Waals surface area contributed by atoms with Crippen molar-refractivity contribution in [1.82, 2.24) is 10.7 Å². The Morgan fingerprint density at radius 2 is 1.65 bits per heavy atom. The first-order chi connectivity index (χ1) is 12.6. The predicted molar refractivity (Wildman–Crippen MR) is 103 cm³/mol. The lowest BCUT2D eigenvalue weighted by atomic mass is 10.1. The molecule has 0 aliphatic carbocycles. The van der Waals surface area contributed by atoms with Crippen LogP contribution >= 0.6 is 11.6 Å². The van der Waals surface area contributed by atoms with Gasteiger partial charge in [-0.1, -0.05) is 66.2 Å². The summed E-state index contributed by atoms with van der Waals surface area (Å²) < 4.78 is 0. The Balaban J connectivity index is 1.56. The molecule has 3 aromatic carbocycles. The number of nitrogens with one attached hydrogen (secondary N) is 2. The largest absolute Gasteiger partial charge is 0.344 e. The molecule has 5 nitrogen and oxygen atoms in total. The van der Waals surface area contributed by atoms with E-state index in [0.29, 0.717) is 5.02 Å². The van der Waals surface area contributed by atoms with E-state index in [1.54, 1.807) is 24.3 Å². The highest BCUT2D eigenvalue weighted by Gasteiger charge is 2.11. The molecular weight excluding hydrogens is 350 g/mol. The molecule has 130 valence electrons. The molecule has 0 saturated carbocycles. The minimum atomic E-state index is -0.824. The minimum Gasteiger partial charge on any atom is -0.344 e. The standard InChI is InChI=1S/C20H16ClN3O2/c21-17-10-8-14(9-11-17)12-22-19(25)20(26)24-23-13-16-6-3-5-15-4-1-2-7-18(15)16/h1-11,13H,12H2,(H,22,25)(H,24,26). The summed E-state index contributed by atoms with van der Waals surface area (Å²) in [6.07, 6.45) is 1.52. The summed E-state index contributed by atoms with van der Waals surface area (Å²) in [6, 6.07) is 20.6. The average molecular weight is 366 g/mol. The van der Waals surface area contributed by atoms with Crippen LogP contribution in [0, 0.1) is 0 Å². The molecule has 0 saturated heterocycles. The van der Waals surface area contributed by atoms with Crippen molar-refractivity contribution in [2.75, 3.05) is 0 Å². The molecule has 0 heterocycles. The second kappa shape index (κ2) is 8.27. The maximum atomic E-state index is 11.8. The topological polar surface area (TPSA) is 70.6 Å². The molecule has 3 rings (SSSR count). The van der Waals surface area contributed by atoms with Crippen molar-refractivity contribution in [2.45, 2.75) is 6.54 Å². The Morgan fingerprint density at radius 1 is 0.923 bits per heavy atom. The van der Waals surface area contributed by atoms with Crippen LogP contribution in [0.15, 0.2) is 71.8 Å². The molecular formula is C20H16ClN3O2. The number of fused-ring (bicyclic) bond motifs is 1. The van der Waals surface area contributed by atoms with Crippen LogP contribution in [-0.4, -0.2) is 18.0 Å². The molecule has 0 aliphatic heterocycles. The molecule has 3 aromatic rings. The monoisotopic (exact) mass is 365 g/mol. The third-order valence-electron chi connectivity index (χ3n) is 3.77. The summed E-state index contributed by atoms with van der Waals surface area (Å²) in [4.78, 5) is 23.6. The molecule has 0 radical (unpaired) electrons. The van der Waals surface area contributed by atoms with Gasteiger partial charge < -0.3 is 5.32 Å². The van der Waals surface area contributed by atoms with Crippen LogP contribution in [0.1, 0.15) is 11.1 Å². The second-order valence-corrected chi connectivity index (χ2v) is 6.01. The molecule has 0 fully saturated rings. The number of hydrazone groups is 1. The number of hydrogen-bond donors (Lipinski definition) is 2. The van der Waals surface area contributed by atoms with E-state index in [9.17, 15) is 9.59 Å². The number of amides is 2. The lowest BCUT2D eigenvalue weighted by Crippen LogP contribution is -2.37. The molecule has 0 aliphatic rings. The molecule has 2 N–H and O–H groups in total. The Hall–Kier alpha value is -3.18. The fourth-order valence-electron chi connectivity index (χ4n) is 2.44. The summed E-state index contributed by atoms with van der Waals surface area (Å²) in [5, 5.41) is 9.10. The molecule has 26 heavy (non-hydrogen) atoms. The Kier molecular flexibility index (Phi) is 5.61. The number of carbonyl (C=O) groups excluding carboxylic acids is 2. The molecule has 0 spiro atoms. The van der Waals surface area contributed by atoms with Crippen molar-refractivity contribution in [1.29, 1.82) is 0 Å². The first kappa shape index (κ1) is 17.6. The smallest absolute Gasteiger partial charge is 0.329 e. The zero-order valence-corrected chi connectivity index (χ0v) is 14.5. The number of carbonyl (C=O) groups is 2. The van der Waals surface area contributed by atoms with Crippen LogP contribution < -0.4 is 10.7 Å². The normalized spacial score (nSPS) is 10.8. The van der Waals surface area contributed by atoms with Gasteiger partial charge in [0.2, 0.25) is 0 Å². The summed E-state index contributed by atoms with van der Waals surface area (Å²) in [6.45, 7) is 0.233. The van der Waals surface area contributed by atoms with E-state index in [1.807, 2.05) is 42.5 Å². The van der Waals surface area contributed by atoms with Crippen LogP contribution in [0.2, 0.25) is 5.02 Å². The van der Waals surface area contributed by atoms with E-state index in [4.69, 9.17) is 11.6 Å². The summed E-state index contributed by atoms with van der Waals surface area (Å²) in [5.74, 6) is -1.58. The van der Waals surface area contributed by atoms with Crippen molar-refractivity contribution in [2.24, 2.45) is 5.10 Å². The molecule has 2 amide bonds. The average Bonchev–Trinajstić information content (AvgIpc) is 2.67. The summed E-state index contributed by atoms with van der Waals surface area (Å²) in [7, 11) is 0. The van der Waals surface area contributed by atoms with E-state index >= 15 is 0 Å². The molecule has 0 unspecified atom stereocenters. The summed E-state index contributed by atoms with van der Waals surface area (Å²) in [5.41, 5.74) is 3.93. The molecule has 0 aromatic heterocycles. The van der Waals surface area contributed by atoms with Crippen LogP contribution in [0.5, 0.6) is 0 Å². The van der Waals surface area contributed by atoms with Gasteiger partial charge in [-0.2, -0.15) is 5.10 Å². The van der Waals surface area contributed by atoms with Crippen LogP contribution in [0.3, 0.4) is 0 Å². The van der Waals surface area contributed by atoms with Gasteiger partial charge in [0, 0.05) is 17.1 Å². The maximum absolute atomic E-state index is 11.8. The zero-order chi connectivity index (χ0) is 18.4. The van der Waals surface area contributed by atoms with E-state index in [0.717, 1.165) is 21.9 Å². The SMILES string of the molecule is O=C(NCc1ccc(Cl)cc1)C(=O)NN=Cc1cccc2ccccc12. The van der Waals surface area contributed by atoms with Gasteiger partial charge in [0.25, 0.3) is 0 Å². The van der Waals surface area contributed by atoms with Crippen molar-refractivity contribution < 1.29 is 9.59 Å². The quantitative estimate of drug-likeness (QED) is 0.423. The van der Waals surface area contributed by atoms with Gasteiger partial charge >= 0.3 is 11.8 Å². The third-order valence-corrected chi connectivity index (χ3v) is 4.02. The van der Waals surface area contributed by atoms with E-state index in [-0.39, 0.29) is 6.54 Å². The summed E-state index contributed by atoms with van der Waals surface area (Å²) >= 11 is 5.80. The predicted octanol–water partition coefficient (Wildman–Crippen LogP) is 3.26. The lowest BCUT2D eigenvalue weighted by molar-refractivity contribution is -0.139. The van der Waals surface area contributed by atoms with Gasteiger partial charge in [0.1, 0.15) is 0 Å². The molecule has 6 heteroatoms. The van der Waals surface area contributed by atoms with E-state index in [1.165, 1.54) is 6.21 Å².